The van der Waals surface area contributed by atoms with E-state index in [0.717, 1.165) is 12.8 Å². The van der Waals surface area contributed by atoms with Crippen molar-refractivity contribution in [3.8, 4) is 0 Å². The molecule has 1 aliphatic heterocycles. The van der Waals surface area contributed by atoms with Crippen LogP contribution in [-0.4, -0.2) is 41.0 Å². The van der Waals surface area contributed by atoms with Gasteiger partial charge in [0.2, 0.25) is 0 Å². The number of nitrogens with zero attached hydrogens (tertiary/aromatic N) is 1. The summed E-state index contributed by atoms with van der Waals surface area (Å²) >= 11 is 0. The number of hydroxylamine groups is 2. The Balaban J connectivity index is 2.24. The molecule has 6 nitrogen and oxygen atoms in total. The maximum absolute atomic E-state index is 11.1. The minimum atomic E-state index is -0.663. The lowest BCUT2D eigenvalue weighted by atomic mass is 10.0. The van der Waals surface area contributed by atoms with Gasteiger partial charge in [0.15, 0.2) is 0 Å². The van der Waals surface area contributed by atoms with Crippen LogP contribution >= 0.6 is 0 Å². The number of β-lactam (4-membered cyclic amide) rings is 1. The highest BCUT2D eigenvalue weighted by Gasteiger charge is 2.45. The van der Waals surface area contributed by atoms with E-state index in [9.17, 15) is 9.59 Å². The molecular formula is C9H16N2O4. The summed E-state index contributed by atoms with van der Waals surface area (Å²) < 4.78 is 4.82. The molecule has 0 radical (unpaired) electrons. The number of carbonyl (C=O) groups is 2. The Morgan fingerprint density at radius 2 is 2.33 bits per heavy atom. The maximum atomic E-state index is 11.1. The summed E-state index contributed by atoms with van der Waals surface area (Å²) in [5.74, 6) is -0.505. The highest BCUT2D eigenvalue weighted by Crippen LogP contribution is 2.16. The van der Waals surface area contributed by atoms with E-state index in [-0.39, 0.29) is 0 Å². The molecule has 1 heterocycles. The van der Waals surface area contributed by atoms with Gasteiger partial charge in [0.1, 0.15) is 6.04 Å². The zero-order valence-corrected chi connectivity index (χ0v) is 8.90. The molecule has 0 aromatic rings. The van der Waals surface area contributed by atoms with E-state index in [1.54, 1.807) is 6.92 Å². The number of carbonyl (C=O) groups excluding carboxylic acids is 2. The van der Waals surface area contributed by atoms with Crippen LogP contribution in [0.15, 0.2) is 0 Å². The van der Waals surface area contributed by atoms with Gasteiger partial charge in [0.25, 0.3) is 5.91 Å². The SMILES string of the molecule is CCCCOC(=O)NC1C(=O)N(O)C1C. The number of ether oxygens (including phenoxy) is 1. The standard InChI is InChI=1S/C9H16N2O4/c1-3-4-5-15-9(13)10-7-6(2)11(14)8(7)12/h6-7,14H,3-5H2,1-2H3,(H,10,13). The summed E-state index contributed by atoms with van der Waals surface area (Å²) in [6, 6.07) is -1.06. The summed E-state index contributed by atoms with van der Waals surface area (Å²) in [6.07, 6.45) is 1.13. The van der Waals surface area contributed by atoms with Gasteiger partial charge >= 0.3 is 6.09 Å². The molecule has 0 saturated carbocycles. The Bertz CT molecular complexity index is 256. The second kappa shape index (κ2) is 4.97. The molecule has 15 heavy (non-hydrogen) atoms. The molecule has 6 heteroatoms. The normalized spacial score (nSPS) is 24.7. The van der Waals surface area contributed by atoms with E-state index < -0.39 is 24.1 Å². The van der Waals surface area contributed by atoms with Gasteiger partial charge in [-0.1, -0.05) is 13.3 Å². The molecule has 0 spiro atoms. The number of amides is 2. The zero-order chi connectivity index (χ0) is 11.4. The number of hydrogen-bond acceptors (Lipinski definition) is 4. The first-order valence-electron chi connectivity index (χ1n) is 5.03. The molecule has 0 aliphatic carbocycles. The van der Waals surface area contributed by atoms with E-state index in [2.05, 4.69) is 5.32 Å². The number of unbranched alkanes of at least 4 members (excludes halogenated alkanes) is 1. The molecule has 1 saturated heterocycles. The van der Waals surface area contributed by atoms with Gasteiger partial charge in [0.05, 0.1) is 12.6 Å². The average Bonchev–Trinajstić information content (AvgIpc) is 2.24. The first-order valence-corrected chi connectivity index (χ1v) is 5.03. The van der Waals surface area contributed by atoms with Crippen LogP contribution in [0.3, 0.4) is 0 Å². The lowest BCUT2D eigenvalue weighted by molar-refractivity contribution is -0.206. The first-order chi connectivity index (χ1) is 7.07. The third-order valence-electron chi connectivity index (χ3n) is 2.36. The van der Waals surface area contributed by atoms with Crippen LogP contribution in [0.2, 0.25) is 0 Å². The van der Waals surface area contributed by atoms with Crippen molar-refractivity contribution in [2.24, 2.45) is 0 Å². The summed E-state index contributed by atoms with van der Waals surface area (Å²) in [4.78, 5) is 22.2. The minimum Gasteiger partial charge on any atom is -0.450 e. The predicted octanol–water partition coefficient (Wildman–Crippen LogP) is 0.501. The second-order valence-corrected chi connectivity index (χ2v) is 3.53. The molecule has 2 unspecified atom stereocenters. The van der Waals surface area contributed by atoms with Gasteiger partial charge in [-0.3, -0.25) is 10.0 Å². The Kier molecular flexibility index (Phi) is 3.90. The highest BCUT2D eigenvalue weighted by atomic mass is 16.6. The summed E-state index contributed by atoms with van der Waals surface area (Å²) in [5.41, 5.74) is 0. The van der Waals surface area contributed by atoms with E-state index in [0.29, 0.717) is 11.7 Å². The van der Waals surface area contributed by atoms with Crippen molar-refractivity contribution in [2.75, 3.05) is 6.61 Å². The molecule has 0 aromatic heterocycles. The first kappa shape index (κ1) is 11.8. The quantitative estimate of drug-likeness (QED) is 0.407. The zero-order valence-electron chi connectivity index (χ0n) is 8.90. The Morgan fingerprint density at radius 1 is 1.67 bits per heavy atom. The van der Waals surface area contributed by atoms with E-state index >= 15 is 0 Å². The van der Waals surface area contributed by atoms with Crippen LogP contribution in [0.4, 0.5) is 4.79 Å². The summed E-state index contributed by atoms with van der Waals surface area (Å²) in [6.45, 7) is 3.97. The van der Waals surface area contributed by atoms with Gasteiger partial charge in [-0.25, -0.2) is 9.86 Å². The number of alkyl carbamates (subject to hydrolysis) is 1. The van der Waals surface area contributed by atoms with Crippen molar-refractivity contribution in [2.45, 2.75) is 38.8 Å². The lowest BCUT2D eigenvalue weighted by Crippen LogP contribution is -2.68. The monoisotopic (exact) mass is 216 g/mol. The van der Waals surface area contributed by atoms with Crippen molar-refractivity contribution >= 4 is 12.0 Å². The van der Waals surface area contributed by atoms with Gasteiger partial charge in [-0.05, 0) is 13.3 Å². The number of hydrogen-bond donors (Lipinski definition) is 2. The van der Waals surface area contributed by atoms with Crippen LogP contribution in [0, 0.1) is 0 Å². The largest absolute Gasteiger partial charge is 0.450 e. The Hall–Kier alpha value is -1.30. The van der Waals surface area contributed by atoms with Crippen molar-refractivity contribution in [1.29, 1.82) is 0 Å². The van der Waals surface area contributed by atoms with Crippen LogP contribution in [-0.2, 0) is 9.53 Å². The lowest BCUT2D eigenvalue weighted by Gasteiger charge is -2.40. The average molecular weight is 216 g/mol. The Morgan fingerprint density at radius 3 is 2.87 bits per heavy atom. The maximum Gasteiger partial charge on any atom is 0.407 e. The van der Waals surface area contributed by atoms with Crippen LogP contribution < -0.4 is 5.32 Å². The van der Waals surface area contributed by atoms with Gasteiger partial charge in [-0.2, -0.15) is 0 Å². The molecule has 2 amide bonds. The van der Waals surface area contributed by atoms with Crippen molar-refractivity contribution < 1.29 is 19.5 Å². The topological polar surface area (TPSA) is 78.9 Å². The van der Waals surface area contributed by atoms with E-state index in [4.69, 9.17) is 9.94 Å². The predicted molar refractivity (Wildman–Crippen MR) is 51.3 cm³/mol. The molecule has 1 fully saturated rings. The number of rotatable bonds is 4. The molecule has 2 atom stereocenters. The smallest absolute Gasteiger partial charge is 0.407 e. The van der Waals surface area contributed by atoms with Gasteiger partial charge in [-0.15, -0.1) is 0 Å². The second-order valence-electron chi connectivity index (χ2n) is 3.53. The molecule has 1 rings (SSSR count). The van der Waals surface area contributed by atoms with Crippen molar-refractivity contribution in [3.05, 3.63) is 0 Å². The molecule has 0 bridgehead atoms. The van der Waals surface area contributed by atoms with Crippen molar-refractivity contribution in [3.63, 3.8) is 0 Å². The fourth-order valence-corrected chi connectivity index (χ4v) is 1.27. The number of nitrogens with one attached hydrogen (secondary N) is 1. The minimum absolute atomic E-state index is 0.348. The van der Waals surface area contributed by atoms with Crippen LogP contribution in [0.1, 0.15) is 26.7 Å². The molecule has 2 N–H and O–H groups in total. The Labute approximate surface area is 88.1 Å². The molecule has 86 valence electrons. The van der Waals surface area contributed by atoms with E-state index in [1.165, 1.54) is 0 Å². The summed E-state index contributed by atoms with van der Waals surface area (Å²) in [5, 5.41) is 12.0. The van der Waals surface area contributed by atoms with E-state index in [1.807, 2.05) is 6.92 Å². The molecule has 1 aliphatic rings. The fourth-order valence-electron chi connectivity index (χ4n) is 1.27. The molecular weight excluding hydrogens is 200 g/mol. The third-order valence-corrected chi connectivity index (χ3v) is 2.36. The molecule has 0 aromatic carbocycles. The third kappa shape index (κ3) is 2.59. The van der Waals surface area contributed by atoms with Crippen LogP contribution in [0.25, 0.3) is 0 Å². The summed E-state index contributed by atoms with van der Waals surface area (Å²) in [7, 11) is 0. The van der Waals surface area contributed by atoms with Gasteiger partial charge in [0, 0.05) is 0 Å². The van der Waals surface area contributed by atoms with Gasteiger partial charge < -0.3 is 10.1 Å². The highest BCUT2D eigenvalue weighted by molar-refractivity contribution is 5.91. The van der Waals surface area contributed by atoms with Crippen molar-refractivity contribution in [1.82, 2.24) is 10.4 Å². The van der Waals surface area contributed by atoms with Crippen LogP contribution in [0.5, 0.6) is 0 Å². The fraction of sp³-hybridized carbons (Fsp3) is 0.778.